The van der Waals surface area contributed by atoms with Gasteiger partial charge in [0.15, 0.2) is 0 Å². The number of fused-ring (bicyclic) bond motifs is 2. The molecule has 2 aliphatic rings. The number of nitrogens with one attached hydrogen (secondary N) is 2. The Labute approximate surface area is 198 Å². The van der Waals surface area contributed by atoms with Crippen molar-refractivity contribution in [1.29, 1.82) is 0 Å². The van der Waals surface area contributed by atoms with Crippen LogP contribution < -0.4 is 15.7 Å². The SMILES string of the molecule is c1ccc(Nc2ccc3c(-c4ccccc4)c4ccc(=[NH+]c5ccccc5)cc-4oc3c2)cc1. The van der Waals surface area contributed by atoms with Crippen molar-refractivity contribution in [2.45, 2.75) is 0 Å². The van der Waals surface area contributed by atoms with Gasteiger partial charge in [0.25, 0.3) is 0 Å². The number of hydrogen-bond donors (Lipinski definition) is 2. The predicted molar refractivity (Wildman–Crippen MR) is 138 cm³/mol. The maximum Gasteiger partial charge on any atom is 0.207 e. The van der Waals surface area contributed by atoms with Crippen molar-refractivity contribution < 1.29 is 9.41 Å². The molecule has 3 heteroatoms. The van der Waals surface area contributed by atoms with Crippen molar-refractivity contribution in [3.8, 4) is 22.5 Å². The fraction of sp³-hybridized carbons (Fsp3) is 0. The largest absolute Gasteiger partial charge is 0.456 e. The smallest absolute Gasteiger partial charge is 0.207 e. The molecular weight excluding hydrogens is 416 g/mol. The van der Waals surface area contributed by atoms with E-state index in [2.05, 4.69) is 95.2 Å². The molecular formula is C31H23N2O+. The highest BCUT2D eigenvalue weighted by atomic mass is 16.3. The Kier molecular flexibility index (Phi) is 5.13. The molecule has 0 bridgehead atoms. The average Bonchev–Trinajstić information content (AvgIpc) is 2.89. The van der Waals surface area contributed by atoms with Crippen molar-refractivity contribution in [3.05, 3.63) is 133 Å². The van der Waals surface area contributed by atoms with Crippen LogP contribution >= 0.6 is 0 Å². The van der Waals surface area contributed by atoms with Gasteiger partial charge < -0.3 is 9.73 Å². The van der Waals surface area contributed by atoms with Gasteiger partial charge in [-0.3, -0.25) is 0 Å². The van der Waals surface area contributed by atoms with Gasteiger partial charge in [0.1, 0.15) is 11.3 Å². The molecule has 0 fully saturated rings. The molecule has 0 saturated heterocycles. The number of para-hydroxylation sites is 2. The maximum absolute atomic E-state index is 6.49. The van der Waals surface area contributed by atoms with Crippen LogP contribution in [0.4, 0.5) is 17.1 Å². The summed E-state index contributed by atoms with van der Waals surface area (Å²) >= 11 is 0. The van der Waals surface area contributed by atoms with Gasteiger partial charge >= 0.3 is 0 Å². The van der Waals surface area contributed by atoms with E-state index in [1.807, 2.05) is 42.5 Å². The summed E-state index contributed by atoms with van der Waals surface area (Å²) in [7, 11) is 0. The lowest BCUT2D eigenvalue weighted by Crippen LogP contribution is -2.70. The van der Waals surface area contributed by atoms with E-state index in [0.717, 1.165) is 44.7 Å². The Bertz CT molecular complexity index is 1600. The summed E-state index contributed by atoms with van der Waals surface area (Å²) in [5.74, 6) is 0.837. The standard InChI is InChI=1S/C31H22N2O/c1-4-10-22(11-5-1)31-27-18-16-25(32-23-12-6-2-7-13-23)20-29(27)34-30-21-26(17-19-28(30)31)33-24-14-8-3-9-15-24/h1-21,32H/p+1. The molecule has 4 aromatic rings. The summed E-state index contributed by atoms with van der Waals surface area (Å²) in [6, 6.07) is 43.5. The van der Waals surface area contributed by atoms with E-state index in [9.17, 15) is 0 Å². The van der Waals surface area contributed by atoms with Crippen LogP contribution in [0.15, 0.2) is 132 Å². The zero-order chi connectivity index (χ0) is 22.7. The molecule has 0 saturated carbocycles. The molecule has 3 nitrogen and oxygen atoms in total. The summed E-state index contributed by atoms with van der Waals surface area (Å²) in [4.78, 5) is 3.48. The normalized spacial score (nSPS) is 11.7. The fourth-order valence-electron chi connectivity index (χ4n) is 4.34. The molecule has 6 rings (SSSR count). The molecule has 0 radical (unpaired) electrons. The van der Waals surface area contributed by atoms with Gasteiger partial charge in [-0.15, -0.1) is 0 Å². The van der Waals surface area contributed by atoms with Gasteiger partial charge in [-0.2, -0.15) is 0 Å². The zero-order valence-electron chi connectivity index (χ0n) is 18.5. The second-order valence-corrected chi connectivity index (χ2v) is 8.25. The minimum Gasteiger partial charge on any atom is -0.456 e. The molecule has 0 spiro atoms. The summed E-state index contributed by atoms with van der Waals surface area (Å²) in [5, 5.41) is 5.54. The van der Waals surface area contributed by atoms with Crippen LogP contribution in [0.25, 0.3) is 33.4 Å². The minimum atomic E-state index is 0.837. The van der Waals surface area contributed by atoms with E-state index in [-0.39, 0.29) is 0 Å². The highest BCUT2D eigenvalue weighted by molar-refractivity contribution is 6.02. The maximum atomic E-state index is 6.49. The summed E-state index contributed by atoms with van der Waals surface area (Å²) in [5.41, 5.74) is 7.33. The van der Waals surface area contributed by atoms with Crippen LogP contribution in [0.1, 0.15) is 0 Å². The average molecular weight is 440 g/mol. The molecule has 2 N–H and O–H groups in total. The van der Waals surface area contributed by atoms with Crippen LogP contribution in [0.3, 0.4) is 0 Å². The van der Waals surface area contributed by atoms with Gasteiger partial charge in [0, 0.05) is 52.2 Å². The first-order chi connectivity index (χ1) is 16.8. The zero-order valence-corrected chi connectivity index (χ0v) is 18.5. The molecule has 34 heavy (non-hydrogen) atoms. The lowest BCUT2D eigenvalue weighted by Gasteiger charge is -2.16. The van der Waals surface area contributed by atoms with Crippen molar-refractivity contribution in [1.82, 2.24) is 0 Å². The van der Waals surface area contributed by atoms with Crippen LogP contribution in [-0.4, -0.2) is 0 Å². The van der Waals surface area contributed by atoms with E-state index < -0.39 is 0 Å². The molecule has 0 amide bonds. The molecule has 0 atom stereocenters. The van der Waals surface area contributed by atoms with E-state index in [1.165, 1.54) is 11.1 Å². The number of rotatable bonds is 4. The molecule has 1 heterocycles. The highest BCUT2D eigenvalue weighted by Crippen LogP contribution is 2.40. The van der Waals surface area contributed by atoms with Gasteiger partial charge in [-0.05, 0) is 35.9 Å². The third-order valence-electron chi connectivity index (χ3n) is 5.91. The third-order valence-corrected chi connectivity index (χ3v) is 5.91. The topological polar surface area (TPSA) is 39.1 Å². The Morgan fingerprint density at radius 1 is 0.588 bits per heavy atom. The van der Waals surface area contributed by atoms with Gasteiger partial charge in [-0.25, -0.2) is 4.99 Å². The second kappa shape index (κ2) is 8.72. The Morgan fingerprint density at radius 3 is 2.06 bits per heavy atom. The first kappa shape index (κ1) is 20.0. The van der Waals surface area contributed by atoms with Crippen LogP contribution in [-0.2, 0) is 0 Å². The summed E-state index contributed by atoms with van der Waals surface area (Å²) < 4.78 is 6.49. The van der Waals surface area contributed by atoms with E-state index >= 15 is 0 Å². The van der Waals surface area contributed by atoms with E-state index in [1.54, 1.807) is 0 Å². The van der Waals surface area contributed by atoms with Crippen molar-refractivity contribution in [2.24, 2.45) is 0 Å². The van der Waals surface area contributed by atoms with Crippen LogP contribution in [0.2, 0.25) is 0 Å². The Hall–Kier alpha value is -4.63. The number of hydrogen-bond acceptors (Lipinski definition) is 2. The number of benzene rings is 5. The summed E-state index contributed by atoms with van der Waals surface area (Å²) in [6.07, 6.45) is 0. The predicted octanol–water partition coefficient (Wildman–Crippen LogP) is 6.26. The second-order valence-electron chi connectivity index (χ2n) is 8.25. The molecule has 0 unspecified atom stereocenters. The third kappa shape index (κ3) is 3.96. The highest BCUT2D eigenvalue weighted by Gasteiger charge is 2.18. The Morgan fingerprint density at radius 2 is 1.29 bits per heavy atom. The van der Waals surface area contributed by atoms with E-state index in [4.69, 9.17) is 4.42 Å². The monoisotopic (exact) mass is 439 g/mol. The fourth-order valence-corrected chi connectivity index (χ4v) is 4.34. The van der Waals surface area contributed by atoms with Gasteiger partial charge in [0.2, 0.25) is 11.0 Å². The van der Waals surface area contributed by atoms with Crippen molar-refractivity contribution in [3.63, 3.8) is 0 Å². The lowest BCUT2D eigenvalue weighted by atomic mass is 9.93. The van der Waals surface area contributed by atoms with Crippen molar-refractivity contribution >= 4 is 28.0 Å². The molecule has 1 aliphatic carbocycles. The Balaban J connectivity index is 1.56. The van der Waals surface area contributed by atoms with Crippen LogP contribution in [0.5, 0.6) is 0 Å². The minimum absolute atomic E-state index is 0.837. The summed E-state index contributed by atoms with van der Waals surface area (Å²) in [6.45, 7) is 0. The first-order valence-corrected chi connectivity index (χ1v) is 11.4. The van der Waals surface area contributed by atoms with Gasteiger partial charge in [0.05, 0.1) is 6.07 Å². The van der Waals surface area contributed by atoms with Gasteiger partial charge in [-0.1, -0.05) is 66.7 Å². The first-order valence-electron chi connectivity index (χ1n) is 11.4. The molecule has 0 aromatic heterocycles. The van der Waals surface area contributed by atoms with Crippen molar-refractivity contribution in [2.75, 3.05) is 5.32 Å². The van der Waals surface area contributed by atoms with E-state index in [0.29, 0.717) is 0 Å². The lowest BCUT2D eigenvalue weighted by molar-refractivity contribution is -0.402. The molecule has 1 aliphatic heterocycles. The number of anilines is 2. The van der Waals surface area contributed by atoms with Crippen LogP contribution in [0, 0.1) is 0 Å². The molecule has 162 valence electrons. The quantitative estimate of drug-likeness (QED) is 0.318. The molecule has 4 aromatic carbocycles.